The third kappa shape index (κ3) is 5.27. The summed E-state index contributed by atoms with van der Waals surface area (Å²) in [6.07, 6.45) is 0. The Labute approximate surface area is 126 Å². The molecule has 1 amide bonds. The van der Waals surface area contributed by atoms with E-state index in [1.54, 1.807) is 18.2 Å². The zero-order chi connectivity index (χ0) is 15.9. The lowest BCUT2D eigenvalue weighted by Crippen LogP contribution is -2.38. The number of nitrogens with two attached hydrogens (primary N) is 1. The Kier molecular flexibility index (Phi) is 6.49. The topological polar surface area (TPSA) is 73.6 Å². The molecule has 0 aliphatic carbocycles. The molecule has 1 aromatic rings. The largest absolute Gasteiger partial charge is 0.490 e. The molecule has 0 atom stereocenters. The SMILES string of the molecule is CCOc1ccc(C(=O)NCC(C)(C)CN)cc1OCC. The van der Waals surface area contributed by atoms with Crippen LogP contribution in [-0.4, -0.2) is 32.2 Å². The van der Waals surface area contributed by atoms with Crippen molar-refractivity contribution in [1.29, 1.82) is 0 Å². The predicted molar refractivity (Wildman–Crippen MR) is 83.9 cm³/mol. The van der Waals surface area contributed by atoms with Crippen molar-refractivity contribution in [3.05, 3.63) is 23.8 Å². The minimum Gasteiger partial charge on any atom is -0.490 e. The van der Waals surface area contributed by atoms with Gasteiger partial charge in [-0.3, -0.25) is 4.79 Å². The fourth-order valence-corrected chi connectivity index (χ4v) is 1.69. The van der Waals surface area contributed by atoms with Crippen LogP contribution in [0.4, 0.5) is 0 Å². The third-order valence-electron chi connectivity index (χ3n) is 3.09. The Bertz CT molecular complexity index is 473. The quantitative estimate of drug-likeness (QED) is 0.771. The van der Waals surface area contributed by atoms with Crippen molar-refractivity contribution in [2.45, 2.75) is 27.7 Å². The molecule has 5 heteroatoms. The van der Waals surface area contributed by atoms with Crippen molar-refractivity contribution in [1.82, 2.24) is 5.32 Å². The molecule has 5 nitrogen and oxygen atoms in total. The van der Waals surface area contributed by atoms with Gasteiger partial charge in [-0.05, 0) is 44.0 Å². The summed E-state index contributed by atoms with van der Waals surface area (Å²) in [7, 11) is 0. The van der Waals surface area contributed by atoms with Gasteiger partial charge in [0.25, 0.3) is 5.91 Å². The molecule has 0 aliphatic rings. The van der Waals surface area contributed by atoms with Gasteiger partial charge in [-0.15, -0.1) is 0 Å². The molecular weight excluding hydrogens is 268 g/mol. The van der Waals surface area contributed by atoms with E-state index in [2.05, 4.69) is 5.32 Å². The molecule has 0 radical (unpaired) electrons. The summed E-state index contributed by atoms with van der Waals surface area (Å²) in [4.78, 5) is 12.2. The maximum Gasteiger partial charge on any atom is 0.251 e. The van der Waals surface area contributed by atoms with E-state index >= 15 is 0 Å². The average Bonchev–Trinajstić information content (AvgIpc) is 2.47. The van der Waals surface area contributed by atoms with Crippen LogP contribution in [0.2, 0.25) is 0 Å². The number of hydrogen-bond acceptors (Lipinski definition) is 4. The molecular formula is C16H26N2O3. The molecule has 0 saturated heterocycles. The highest BCUT2D eigenvalue weighted by Crippen LogP contribution is 2.28. The molecule has 1 aromatic carbocycles. The normalized spacial score (nSPS) is 11.1. The predicted octanol–water partition coefficient (Wildman–Crippen LogP) is 2.20. The van der Waals surface area contributed by atoms with Gasteiger partial charge < -0.3 is 20.5 Å². The monoisotopic (exact) mass is 294 g/mol. The molecule has 0 unspecified atom stereocenters. The van der Waals surface area contributed by atoms with Crippen molar-refractivity contribution in [3.8, 4) is 11.5 Å². The summed E-state index contributed by atoms with van der Waals surface area (Å²) in [6.45, 7) is 9.94. The van der Waals surface area contributed by atoms with Gasteiger partial charge in [-0.25, -0.2) is 0 Å². The Morgan fingerprint density at radius 2 is 1.81 bits per heavy atom. The van der Waals surface area contributed by atoms with Gasteiger partial charge in [0, 0.05) is 12.1 Å². The highest BCUT2D eigenvalue weighted by atomic mass is 16.5. The summed E-state index contributed by atoms with van der Waals surface area (Å²) in [5, 5.41) is 2.90. The van der Waals surface area contributed by atoms with Gasteiger partial charge in [-0.2, -0.15) is 0 Å². The number of amides is 1. The Hall–Kier alpha value is -1.75. The highest BCUT2D eigenvalue weighted by molar-refractivity contribution is 5.94. The Balaban J connectivity index is 2.82. The molecule has 0 saturated carbocycles. The molecule has 1 rings (SSSR count). The Morgan fingerprint density at radius 1 is 1.19 bits per heavy atom. The van der Waals surface area contributed by atoms with E-state index in [9.17, 15) is 4.79 Å². The lowest BCUT2D eigenvalue weighted by Gasteiger charge is -2.22. The first-order valence-electron chi connectivity index (χ1n) is 7.31. The van der Waals surface area contributed by atoms with E-state index in [4.69, 9.17) is 15.2 Å². The van der Waals surface area contributed by atoms with Crippen LogP contribution in [0.15, 0.2) is 18.2 Å². The standard InChI is InChI=1S/C16H26N2O3/c1-5-20-13-8-7-12(9-14(13)21-6-2)15(19)18-11-16(3,4)10-17/h7-9H,5-6,10-11,17H2,1-4H3,(H,18,19). The maximum atomic E-state index is 12.2. The van der Waals surface area contributed by atoms with Crippen LogP contribution in [0.25, 0.3) is 0 Å². The molecule has 0 aliphatic heterocycles. The molecule has 118 valence electrons. The molecule has 0 heterocycles. The molecule has 0 bridgehead atoms. The van der Waals surface area contributed by atoms with E-state index in [-0.39, 0.29) is 11.3 Å². The van der Waals surface area contributed by atoms with Crippen LogP contribution in [0, 0.1) is 5.41 Å². The lowest BCUT2D eigenvalue weighted by atomic mass is 9.94. The molecule has 0 aromatic heterocycles. The van der Waals surface area contributed by atoms with Gasteiger partial charge in [-0.1, -0.05) is 13.8 Å². The van der Waals surface area contributed by atoms with E-state index in [0.29, 0.717) is 43.4 Å². The second kappa shape index (κ2) is 7.88. The van der Waals surface area contributed by atoms with Gasteiger partial charge in [0.1, 0.15) is 0 Å². The summed E-state index contributed by atoms with van der Waals surface area (Å²) in [6, 6.07) is 5.20. The number of hydrogen-bond donors (Lipinski definition) is 2. The van der Waals surface area contributed by atoms with Gasteiger partial charge in [0.15, 0.2) is 11.5 Å². The minimum absolute atomic E-state index is 0.121. The van der Waals surface area contributed by atoms with Crippen LogP contribution >= 0.6 is 0 Å². The van der Waals surface area contributed by atoms with Crippen LogP contribution in [0.3, 0.4) is 0 Å². The Morgan fingerprint density at radius 3 is 2.38 bits per heavy atom. The van der Waals surface area contributed by atoms with E-state index in [1.165, 1.54) is 0 Å². The van der Waals surface area contributed by atoms with E-state index < -0.39 is 0 Å². The summed E-state index contributed by atoms with van der Waals surface area (Å²) in [5.74, 6) is 1.10. The van der Waals surface area contributed by atoms with Crippen molar-refractivity contribution in [2.24, 2.45) is 11.1 Å². The molecule has 3 N–H and O–H groups in total. The zero-order valence-electron chi connectivity index (χ0n) is 13.4. The molecule has 21 heavy (non-hydrogen) atoms. The number of nitrogens with one attached hydrogen (secondary N) is 1. The van der Waals surface area contributed by atoms with Crippen molar-refractivity contribution < 1.29 is 14.3 Å². The minimum atomic E-state index is -0.138. The lowest BCUT2D eigenvalue weighted by molar-refractivity contribution is 0.0937. The fraction of sp³-hybridized carbons (Fsp3) is 0.562. The van der Waals surface area contributed by atoms with Crippen molar-refractivity contribution in [2.75, 3.05) is 26.3 Å². The second-order valence-electron chi connectivity index (χ2n) is 5.58. The summed E-state index contributed by atoms with van der Waals surface area (Å²) in [5.41, 5.74) is 6.09. The van der Waals surface area contributed by atoms with Gasteiger partial charge in [0.05, 0.1) is 13.2 Å². The second-order valence-corrected chi connectivity index (χ2v) is 5.58. The number of rotatable bonds is 8. The van der Waals surface area contributed by atoms with E-state index in [1.807, 2.05) is 27.7 Å². The average molecular weight is 294 g/mol. The first-order valence-corrected chi connectivity index (χ1v) is 7.31. The number of ether oxygens (including phenoxy) is 2. The number of carbonyl (C=O) groups excluding carboxylic acids is 1. The smallest absolute Gasteiger partial charge is 0.251 e. The highest BCUT2D eigenvalue weighted by Gasteiger charge is 2.18. The fourth-order valence-electron chi connectivity index (χ4n) is 1.69. The van der Waals surface area contributed by atoms with E-state index in [0.717, 1.165) is 0 Å². The summed E-state index contributed by atoms with van der Waals surface area (Å²) >= 11 is 0. The first kappa shape index (κ1) is 17.3. The number of benzene rings is 1. The van der Waals surface area contributed by atoms with Gasteiger partial charge >= 0.3 is 0 Å². The van der Waals surface area contributed by atoms with Crippen LogP contribution in [0.5, 0.6) is 11.5 Å². The maximum absolute atomic E-state index is 12.2. The van der Waals surface area contributed by atoms with Gasteiger partial charge in [0.2, 0.25) is 0 Å². The third-order valence-corrected chi connectivity index (χ3v) is 3.09. The summed E-state index contributed by atoms with van der Waals surface area (Å²) < 4.78 is 11.0. The first-order chi connectivity index (χ1) is 9.93. The van der Waals surface area contributed by atoms with Crippen molar-refractivity contribution in [3.63, 3.8) is 0 Å². The van der Waals surface area contributed by atoms with Crippen molar-refractivity contribution >= 4 is 5.91 Å². The number of carbonyl (C=O) groups is 1. The zero-order valence-corrected chi connectivity index (χ0v) is 13.4. The van der Waals surface area contributed by atoms with Crippen LogP contribution < -0.4 is 20.5 Å². The van der Waals surface area contributed by atoms with Crippen LogP contribution in [0.1, 0.15) is 38.1 Å². The molecule has 0 spiro atoms. The molecule has 0 fully saturated rings. The van der Waals surface area contributed by atoms with Crippen LogP contribution in [-0.2, 0) is 0 Å².